The van der Waals surface area contributed by atoms with Gasteiger partial charge in [0.2, 0.25) is 17.8 Å². The molecule has 2 bridgehead atoms. The fourth-order valence-electron chi connectivity index (χ4n) is 5.12. The molecule has 4 heterocycles. The predicted molar refractivity (Wildman–Crippen MR) is 113 cm³/mol. The van der Waals surface area contributed by atoms with Crippen LogP contribution in [0.25, 0.3) is 11.0 Å². The van der Waals surface area contributed by atoms with Gasteiger partial charge < -0.3 is 14.8 Å². The maximum Gasteiger partial charge on any atom is 0.233 e. The molecule has 0 spiro atoms. The third-order valence-electron chi connectivity index (χ3n) is 7.23. The van der Waals surface area contributed by atoms with E-state index in [-0.39, 0.29) is 29.8 Å². The second-order valence-electron chi connectivity index (χ2n) is 9.53. The molecule has 0 radical (unpaired) electrons. The van der Waals surface area contributed by atoms with Crippen LogP contribution in [0, 0.1) is 22.7 Å². The lowest BCUT2D eigenvalue weighted by molar-refractivity contribution is -0.135. The molecule has 9 heteroatoms. The minimum Gasteiger partial charge on any atom is -0.352 e. The molecular weight excluding hydrogens is 394 g/mol. The molecule has 2 atom stereocenters. The summed E-state index contributed by atoms with van der Waals surface area (Å²) in [5.41, 5.74) is 0.290. The molecule has 31 heavy (non-hydrogen) atoms. The average molecular weight is 419 g/mol. The largest absolute Gasteiger partial charge is 0.352 e. The highest BCUT2D eigenvalue weighted by atomic mass is 16.2. The lowest BCUT2D eigenvalue weighted by Gasteiger charge is -2.42. The van der Waals surface area contributed by atoms with Gasteiger partial charge in [-0.2, -0.15) is 15.2 Å². The first-order valence-corrected chi connectivity index (χ1v) is 11.2. The summed E-state index contributed by atoms with van der Waals surface area (Å²) in [7, 11) is 0. The number of anilines is 2. The molecule has 2 N–H and O–H groups in total. The smallest absolute Gasteiger partial charge is 0.233 e. The lowest BCUT2D eigenvalue weighted by Crippen LogP contribution is -2.56. The van der Waals surface area contributed by atoms with Crippen molar-refractivity contribution in [3.8, 4) is 6.07 Å². The summed E-state index contributed by atoms with van der Waals surface area (Å²) in [4.78, 5) is 41.8. The van der Waals surface area contributed by atoms with Crippen LogP contribution in [0.1, 0.15) is 44.9 Å². The van der Waals surface area contributed by atoms with E-state index in [1.165, 1.54) is 0 Å². The van der Waals surface area contributed by atoms with Crippen LogP contribution < -0.4 is 10.2 Å². The molecule has 0 aromatic carbocycles. The molecule has 2 saturated heterocycles. The predicted octanol–water partition coefficient (Wildman–Crippen LogP) is 2.18. The van der Waals surface area contributed by atoms with Gasteiger partial charge in [0, 0.05) is 43.7 Å². The van der Waals surface area contributed by atoms with Crippen molar-refractivity contribution in [1.29, 1.82) is 5.26 Å². The first kappa shape index (κ1) is 18.6. The molecule has 2 unspecified atom stereocenters. The molecule has 2 amide bonds. The number of piperazine rings is 1. The number of carbonyl (C=O) groups is 2. The van der Waals surface area contributed by atoms with Crippen LogP contribution in [-0.2, 0) is 9.59 Å². The standard InChI is InChI=1S/C22H25N7O2/c23-12-22(6-7-22)9-17(30)29-14-3-4-15(29)11-28(10-14)19-16-5-8-24-18(16)25-21(26-19)27-20(31)13-1-2-13/h5,8,13-15H,1-4,6-7,9-11H2,(H2,24,25,26,27,31). The number of amides is 2. The van der Waals surface area contributed by atoms with E-state index in [0.29, 0.717) is 31.1 Å². The SMILES string of the molecule is N#CC1(CC(=O)N2C3CCC2CN(c2nc(NC(=O)C4CC4)nc4[nH]ccc24)C3)CC1. The summed E-state index contributed by atoms with van der Waals surface area (Å²) in [6, 6.07) is 4.57. The molecule has 2 aliphatic heterocycles. The number of hydrogen-bond acceptors (Lipinski definition) is 6. The molecule has 4 aliphatic rings. The van der Waals surface area contributed by atoms with Gasteiger partial charge in [-0.3, -0.25) is 14.9 Å². The molecule has 2 aromatic heterocycles. The normalized spacial score (nSPS) is 26.0. The Hall–Kier alpha value is -3.15. The van der Waals surface area contributed by atoms with Crippen molar-refractivity contribution in [3.05, 3.63) is 12.3 Å². The van der Waals surface area contributed by atoms with Gasteiger partial charge in [-0.1, -0.05) is 0 Å². The third-order valence-corrected chi connectivity index (χ3v) is 7.23. The number of H-pyrrole nitrogens is 1. The minimum atomic E-state index is -0.410. The fraction of sp³-hybridized carbons (Fsp3) is 0.591. The monoisotopic (exact) mass is 419 g/mol. The number of nitrogens with zero attached hydrogens (tertiary/aromatic N) is 5. The van der Waals surface area contributed by atoms with Gasteiger partial charge in [-0.15, -0.1) is 0 Å². The molecule has 9 nitrogen and oxygen atoms in total. The molecular formula is C22H25N7O2. The number of carbonyl (C=O) groups excluding carboxylic acids is 2. The van der Waals surface area contributed by atoms with Crippen molar-refractivity contribution in [3.63, 3.8) is 0 Å². The Labute approximate surface area is 179 Å². The zero-order valence-corrected chi connectivity index (χ0v) is 17.3. The minimum absolute atomic E-state index is 0.0150. The Kier molecular flexibility index (Phi) is 4.01. The van der Waals surface area contributed by atoms with Gasteiger partial charge in [-0.25, -0.2) is 0 Å². The van der Waals surface area contributed by atoms with E-state index in [1.54, 1.807) is 0 Å². The molecule has 2 aliphatic carbocycles. The molecule has 4 fully saturated rings. The van der Waals surface area contributed by atoms with E-state index in [4.69, 9.17) is 4.98 Å². The summed E-state index contributed by atoms with van der Waals surface area (Å²) < 4.78 is 0. The van der Waals surface area contributed by atoms with Crippen LogP contribution in [0.15, 0.2) is 12.3 Å². The Morgan fingerprint density at radius 1 is 1.19 bits per heavy atom. The summed E-state index contributed by atoms with van der Waals surface area (Å²) in [5, 5.41) is 13.2. The fourth-order valence-corrected chi connectivity index (χ4v) is 5.12. The van der Waals surface area contributed by atoms with Crippen LogP contribution in [0.5, 0.6) is 0 Å². The number of nitriles is 1. The van der Waals surface area contributed by atoms with E-state index in [9.17, 15) is 14.9 Å². The number of aromatic nitrogens is 3. The van der Waals surface area contributed by atoms with Crippen LogP contribution in [0.3, 0.4) is 0 Å². The number of rotatable bonds is 5. The van der Waals surface area contributed by atoms with Crippen LogP contribution in [-0.4, -0.2) is 56.8 Å². The van der Waals surface area contributed by atoms with Crippen molar-refractivity contribution in [1.82, 2.24) is 19.9 Å². The third kappa shape index (κ3) is 3.21. The summed E-state index contributed by atoms with van der Waals surface area (Å²) in [6.07, 6.45) is 7.66. The maximum atomic E-state index is 13.0. The second kappa shape index (κ2) is 6.67. The lowest BCUT2D eigenvalue weighted by atomic mass is 10.0. The number of hydrogen-bond donors (Lipinski definition) is 2. The molecule has 6 rings (SSSR count). The zero-order chi connectivity index (χ0) is 21.2. The van der Waals surface area contributed by atoms with Crippen molar-refractivity contribution in [2.45, 2.75) is 57.0 Å². The highest BCUT2D eigenvalue weighted by Gasteiger charge is 2.49. The van der Waals surface area contributed by atoms with Gasteiger partial charge in [0.05, 0.1) is 16.9 Å². The van der Waals surface area contributed by atoms with Crippen LogP contribution in [0.2, 0.25) is 0 Å². The Morgan fingerprint density at radius 3 is 2.58 bits per heavy atom. The number of fused-ring (bicyclic) bond motifs is 3. The van der Waals surface area contributed by atoms with Gasteiger partial charge in [0.1, 0.15) is 11.5 Å². The van der Waals surface area contributed by atoms with E-state index in [0.717, 1.165) is 49.7 Å². The topological polar surface area (TPSA) is 118 Å². The van der Waals surface area contributed by atoms with Gasteiger partial charge in [0.25, 0.3) is 0 Å². The number of nitrogens with one attached hydrogen (secondary N) is 2. The van der Waals surface area contributed by atoms with E-state index >= 15 is 0 Å². The quantitative estimate of drug-likeness (QED) is 0.767. The molecule has 2 saturated carbocycles. The second-order valence-corrected chi connectivity index (χ2v) is 9.53. The summed E-state index contributed by atoms with van der Waals surface area (Å²) in [6.45, 7) is 1.41. The van der Waals surface area contributed by atoms with E-state index < -0.39 is 5.41 Å². The van der Waals surface area contributed by atoms with Gasteiger partial charge in [0.15, 0.2) is 0 Å². The number of aromatic amines is 1. The van der Waals surface area contributed by atoms with E-state index in [2.05, 4.69) is 26.3 Å². The van der Waals surface area contributed by atoms with Gasteiger partial charge >= 0.3 is 0 Å². The summed E-state index contributed by atoms with van der Waals surface area (Å²) in [5.74, 6) is 1.33. The zero-order valence-electron chi connectivity index (χ0n) is 17.3. The Morgan fingerprint density at radius 2 is 1.94 bits per heavy atom. The summed E-state index contributed by atoms with van der Waals surface area (Å²) >= 11 is 0. The van der Waals surface area contributed by atoms with Gasteiger partial charge in [-0.05, 0) is 44.6 Å². The van der Waals surface area contributed by atoms with Crippen molar-refractivity contribution < 1.29 is 9.59 Å². The average Bonchev–Trinajstić information content (AvgIpc) is 3.68. The van der Waals surface area contributed by atoms with Crippen LogP contribution >= 0.6 is 0 Å². The highest BCUT2D eigenvalue weighted by molar-refractivity contribution is 5.95. The first-order chi connectivity index (χ1) is 15.0. The Balaban J connectivity index is 1.24. The van der Waals surface area contributed by atoms with Crippen LogP contribution in [0.4, 0.5) is 11.8 Å². The first-order valence-electron chi connectivity index (χ1n) is 11.2. The van der Waals surface area contributed by atoms with E-state index in [1.807, 2.05) is 17.2 Å². The molecule has 160 valence electrons. The molecule has 2 aromatic rings. The Bertz CT molecular complexity index is 1100. The van der Waals surface area contributed by atoms with Crippen molar-refractivity contribution in [2.24, 2.45) is 11.3 Å². The maximum absolute atomic E-state index is 13.0. The van der Waals surface area contributed by atoms with Crippen molar-refractivity contribution in [2.75, 3.05) is 23.3 Å². The highest BCUT2D eigenvalue weighted by Crippen LogP contribution is 2.49. The van der Waals surface area contributed by atoms with Crippen molar-refractivity contribution >= 4 is 34.6 Å².